The molecule has 1 aromatic carbocycles. The Kier molecular flexibility index (Phi) is 4.20. The Morgan fingerprint density at radius 1 is 1.50 bits per heavy atom. The first-order valence-electron chi connectivity index (χ1n) is 6.57. The van der Waals surface area contributed by atoms with E-state index in [1.165, 1.54) is 0 Å². The molecule has 1 aromatic rings. The summed E-state index contributed by atoms with van der Waals surface area (Å²) in [4.78, 5) is 13.7. The summed E-state index contributed by atoms with van der Waals surface area (Å²) >= 11 is 5.98. The van der Waals surface area contributed by atoms with Gasteiger partial charge in [0.15, 0.2) is 6.61 Å². The normalized spacial score (nSPS) is 14.5. The van der Waals surface area contributed by atoms with Gasteiger partial charge < -0.3 is 9.64 Å². The van der Waals surface area contributed by atoms with Crippen molar-refractivity contribution in [2.75, 3.05) is 18.1 Å². The van der Waals surface area contributed by atoms with Gasteiger partial charge in [-0.1, -0.05) is 11.6 Å². The molecule has 1 aliphatic heterocycles. The maximum atomic E-state index is 12.0. The fraction of sp³-hybridized carbons (Fsp3) is 0.467. The topological polar surface area (TPSA) is 53.3 Å². The standard InChI is InChI=1S/C15H17ClN2O2/c1-15(2,10-17)6-3-7-18-12-8-11(16)4-5-13(12)20-9-14(18)19/h4-5,8H,3,6-7,9H2,1-2H3. The van der Waals surface area contributed by atoms with Crippen molar-refractivity contribution in [1.82, 2.24) is 0 Å². The molecule has 1 amide bonds. The molecule has 106 valence electrons. The minimum atomic E-state index is -0.369. The van der Waals surface area contributed by atoms with Gasteiger partial charge in [-0.25, -0.2) is 0 Å². The molecule has 0 saturated carbocycles. The van der Waals surface area contributed by atoms with Crippen LogP contribution in [0.25, 0.3) is 0 Å². The van der Waals surface area contributed by atoms with Gasteiger partial charge in [-0.3, -0.25) is 4.79 Å². The molecule has 20 heavy (non-hydrogen) atoms. The predicted molar refractivity (Wildman–Crippen MR) is 77.9 cm³/mol. The molecule has 5 heteroatoms. The highest BCUT2D eigenvalue weighted by Gasteiger charge is 2.26. The number of hydrogen-bond acceptors (Lipinski definition) is 3. The fourth-order valence-electron chi connectivity index (χ4n) is 2.16. The zero-order chi connectivity index (χ0) is 14.8. The lowest BCUT2D eigenvalue weighted by molar-refractivity contribution is -0.121. The summed E-state index contributed by atoms with van der Waals surface area (Å²) in [6, 6.07) is 7.53. The summed E-state index contributed by atoms with van der Waals surface area (Å²) in [5.74, 6) is 0.600. The highest BCUT2D eigenvalue weighted by Crippen LogP contribution is 2.35. The van der Waals surface area contributed by atoms with Crippen LogP contribution in [0.4, 0.5) is 5.69 Å². The summed E-state index contributed by atoms with van der Waals surface area (Å²) < 4.78 is 5.39. The highest BCUT2D eigenvalue weighted by molar-refractivity contribution is 6.31. The molecule has 0 aromatic heterocycles. The first-order valence-corrected chi connectivity index (χ1v) is 6.95. The van der Waals surface area contributed by atoms with Crippen LogP contribution in [0.5, 0.6) is 5.75 Å². The number of hydrogen-bond donors (Lipinski definition) is 0. The van der Waals surface area contributed by atoms with Crippen LogP contribution in [0.15, 0.2) is 18.2 Å². The van der Waals surface area contributed by atoms with Crippen molar-refractivity contribution in [3.8, 4) is 11.8 Å². The maximum Gasteiger partial charge on any atom is 0.265 e. The number of benzene rings is 1. The van der Waals surface area contributed by atoms with E-state index >= 15 is 0 Å². The molecule has 2 rings (SSSR count). The lowest BCUT2D eigenvalue weighted by atomic mass is 9.90. The van der Waals surface area contributed by atoms with Crippen molar-refractivity contribution >= 4 is 23.2 Å². The van der Waals surface area contributed by atoms with Gasteiger partial charge in [0, 0.05) is 11.6 Å². The van der Waals surface area contributed by atoms with E-state index in [9.17, 15) is 4.79 Å². The minimum absolute atomic E-state index is 0.0519. The Morgan fingerprint density at radius 2 is 2.25 bits per heavy atom. The Bertz CT molecular complexity index is 563. The van der Waals surface area contributed by atoms with Crippen LogP contribution in [-0.4, -0.2) is 19.1 Å². The highest BCUT2D eigenvalue weighted by atomic mass is 35.5. The zero-order valence-corrected chi connectivity index (χ0v) is 12.4. The third-order valence-corrected chi connectivity index (χ3v) is 3.59. The number of anilines is 1. The van der Waals surface area contributed by atoms with E-state index in [-0.39, 0.29) is 17.9 Å². The molecule has 0 radical (unpaired) electrons. The van der Waals surface area contributed by atoms with Gasteiger partial charge in [0.25, 0.3) is 5.91 Å². The predicted octanol–water partition coefficient (Wildman–Crippen LogP) is 3.40. The molecule has 0 N–H and O–H groups in total. The Balaban J connectivity index is 2.10. The van der Waals surface area contributed by atoms with E-state index in [0.717, 1.165) is 12.8 Å². The number of ether oxygens (including phenoxy) is 1. The number of carbonyl (C=O) groups excluding carboxylic acids is 1. The number of amides is 1. The average molecular weight is 293 g/mol. The van der Waals surface area contributed by atoms with Gasteiger partial charge in [0.05, 0.1) is 17.2 Å². The van der Waals surface area contributed by atoms with E-state index in [1.54, 1.807) is 23.1 Å². The first-order chi connectivity index (χ1) is 9.43. The summed E-state index contributed by atoms with van der Waals surface area (Å²) in [7, 11) is 0. The first kappa shape index (κ1) is 14.7. The smallest absolute Gasteiger partial charge is 0.265 e. The SMILES string of the molecule is CC(C)(C#N)CCCN1C(=O)COc2ccc(Cl)cc21. The summed E-state index contributed by atoms with van der Waals surface area (Å²) in [5.41, 5.74) is 0.343. The van der Waals surface area contributed by atoms with Crippen molar-refractivity contribution in [2.24, 2.45) is 5.41 Å². The molecular weight excluding hydrogens is 276 g/mol. The fourth-order valence-corrected chi connectivity index (χ4v) is 2.32. The van der Waals surface area contributed by atoms with Gasteiger partial charge in [-0.2, -0.15) is 5.26 Å². The van der Waals surface area contributed by atoms with Gasteiger partial charge in [0.1, 0.15) is 5.75 Å². The van der Waals surface area contributed by atoms with E-state index in [1.807, 2.05) is 13.8 Å². The molecule has 0 aliphatic carbocycles. The monoisotopic (exact) mass is 292 g/mol. The molecule has 0 atom stereocenters. The third kappa shape index (κ3) is 3.23. The molecular formula is C15H17ClN2O2. The van der Waals surface area contributed by atoms with E-state index in [0.29, 0.717) is 23.0 Å². The number of carbonyl (C=O) groups is 1. The second-order valence-electron chi connectivity index (χ2n) is 5.55. The van der Waals surface area contributed by atoms with Crippen molar-refractivity contribution in [3.63, 3.8) is 0 Å². The van der Waals surface area contributed by atoms with Crippen LogP contribution < -0.4 is 9.64 Å². The van der Waals surface area contributed by atoms with Gasteiger partial charge in [0.2, 0.25) is 0 Å². The van der Waals surface area contributed by atoms with Gasteiger partial charge in [-0.15, -0.1) is 0 Å². The van der Waals surface area contributed by atoms with Gasteiger partial charge >= 0.3 is 0 Å². The number of rotatable bonds is 4. The molecule has 0 unspecified atom stereocenters. The third-order valence-electron chi connectivity index (χ3n) is 3.35. The summed E-state index contributed by atoms with van der Waals surface area (Å²) in [6.45, 7) is 4.43. The summed E-state index contributed by atoms with van der Waals surface area (Å²) in [5, 5.41) is 9.58. The number of nitrogens with zero attached hydrogens (tertiary/aromatic N) is 2. The molecule has 1 aliphatic rings. The zero-order valence-electron chi connectivity index (χ0n) is 11.6. The molecule has 0 saturated heterocycles. The molecule has 0 spiro atoms. The van der Waals surface area contributed by atoms with Crippen molar-refractivity contribution < 1.29 is 9.53 Å². The van der Waals surface area contributed by atoms with Crippen molar-refractivity contribution in [3.05, 3.63) is 23.2 Å². The van der Waals surface area contributed by atoms with E-state index in [2.05, 4.69) is 6.07 Å². The van der Waals surface area contributed by atoms with Crippen molar-refractivity contribution in [2.45, 2.75) is 26.7 Å². The van der Waals surface area contributed by atoms with E-state index in [4.69, 9.17) is 21.6 Å². The number of fused-ring (bicyclic) bond motifs is 1. The maximum absolute atomic E-state index is 12.0. The van der Waals surface area contributed by atoms with Crippen LogP contribution in [0.2, 0.25) is 5.02 Å². The summed E-state index contributed by atoms with van der Waals surface area (Å²) in [6.07, 6.45) is 1.50. The van der Waals surface area contributed by atoms with Crippen LogP contribution in [0.1, 0.15) is 26.7 Å². The average Bonchev–Trinajstić information content (AvgIpc) is 2.41. The van der Waals surface area contributed by atoms with Crippen molar-refractivity contribution in [1.29, 1.82) is 5.26 Å². The second-order valence-corrected chi connectivity index (χ2v) is 5.98. The Hall–Kier alpha value is -1.73. The minimum Gasteiger partial charge on any atom is -0.482 e. The number of halogens is 1. The molecule has 4 nitrogen and oxygen atoms in total. The van der Waals surface area contributed by atoms with Crippen LogP contribution in [0.3, 0.4) is 0 Å². The van der Waals surface area contributed by atoms with Crippen LogP contribution in [-0.2, 0) is 4.79 Å². The van der Waals surface area contributed by atoms with Crippen LogP contribution >= 0.6 is 11.6 Å². The largest absolute Gasteiger partial charge is 0.482 e. The second kappa shape index (κ2) is 5.72. The number of nitriles is 1. The Morgan fingerprint density at radius 3 is 2.95 bits per heavy atom. The molecule has 1 heterocycles. The van der Waals surface area contributed by atoms with Crippen LogP contribution in [0, 0.1) is 16.7 Å². The quantitative estimate of drug-likeness (QED) is 0.854. The lowest BCUT2D eigenvalue weighted by Gasteiger charge is -2.30. The molecule has 0 fully saturated rings. The van der Waals surface area contributed by atoms with E-state index < -0.39 is 0 Å². The Labute approximate surface area is 123 Å². The molecule has 0 bridgehead atoms. The van der Waals surface area contributed by atoms with Gasteiger partial charge in [-0.05, 0) is 44.9 Å². The lowest BCUT2D eigenvalue weighted by Crippen LogP contribution is -2.39.